The van der Waals surface area contributed by atoms with Gasteiger partial charge in [-0.15, -0.1) is 0 Å². The number of sulfonamides is 1. The Bertz CT molecular complexity index is 576. The summed E-state index contributed by atoms with van der Waals surface area (Å²) in [6, 6.07) is 2.42. The van der Waals surface area contributed by atoms with Crippen LogP contribution >= 0.6 is 15.9 Å². The van der Waals surface area contributed by atoms with E-state index in [0.29, 0.717) is 6.07 Å². The molecule has 2 N–H and O–H groups in total. The number of hydrogen-bond acceptors (Lipinski definition) is 3. The average Bonchev–Trinajstić information content (AvgIpc) is 2.34. The van der Waals surface area contributed by atoms with Crippen LogP contribution in [0.25, 0.3) is 0 Å². The van der Waals surface area contributed by atoms with Crippen molar-refractivity contribution in [3.8, 4) is 0 Å². The van der Waals surface area contributed by atoms with Crippen LogP contribution in [0.5, 0.6) is 0 Å². The molecule has 1 unspecified atom stereocenters. The van der Waals surface area contributed by atoms with Crippen molar-refractivity contribution in [1.29, 1.82) is 0 Å². The molecule has 0 amide bonds. The Morgan fingerprint density at radius 2 is 1.90 bits per heavy atom. The number of likely N-dealkylation sites (N-methyl/N-ethyl adjacent to an activating group) is 1. The largest absolute Gasteiger partial charge is 0.416 e. The topological polar surface area (TPSA) is 58.2 Å². The van der Waals surface area contributed by atoms with Gasteiger partial charge in [-0.2, -0.15) is 13.2 Å². The molecular formula is C11H14BrF3N2O2S. The summed E-state index contributed by atoms with van der Waals surface area (Å²) in [5.74, 6) is 0. The van der Waals surface area contributed by atoms with Gasteiger partial charge in [0.1, 0.15) is 0 Å². The standard InChI is InChI=1S/C11H14BrF3N2O2S/c1-7(16-2)6-17-20(18,19)10-4-8(11(13,14)15)3-9(12)5-10/h3-5,7,16-17H,6H2,1-2H3. The average molecular weight is 375 g/mol. The number of halogens is 4. The van der Waals surface area contributed by atoms with E-state index < -0.39 is 26.7 Å². The normalized spacial score (nSPS) is 14.3. The zero-order valence-electron chi connectivity index (χ0n) is 10.8. The van der Waals surface area contributed by atoms with Gasteiger partial charge >= 0.3 is 6.18 Å². The Morgan fingerprint density at radius 1 is 1.30 bits per heavy atom. The van der Waals surface area contributed by atoms with Crippen molar-refractivity contribution in [2.45, 2.75) is 24.0 Å². The van der Waals surface area contributed by atoms with Crippen molar-refractivity contribution in [3.63, 3.8) is 0 Å². The van der Waals surface area contributed by atoms with Crippen molar-refractivity contribution in [1.82, 2.24) is 10.0 Å². The van der Waals surface area contributed by atoms with Gasteiger partial charge in [0.2, 0.25) is 10.0 Å². The predicted molar refractivity (Wildman–Crippen MR) is 72.9 cm³/mol. The molecule has 0 aliphatic carbocycles. The number of benzene rings is 1. The summed E-state index contributed by atoms with van der Waals surface area (Å²) >= 11 is 2.89. The Hall–Kier alpha value is -0.640. The molecule has 0 bridgehead atoms. The first kappa shape index (κ1) is 17.4. The number of hydrogen-bond donors (Lipinski definition) is 2. The molecule has 0 aromatic heterocycles. The van der Waals surface area contributed by atoms with Gasteiger partial charge in [-0.3, -0.25) is 0 Å². The second-order valence-electron chi connectivity index (χ2n) is 4.21. The number of alkyl halides is 3. The van der Waals surface area contributed by atoms with Gasteiger partial charge in [0.15, 0.2) is 0 Å². The van der Waals surface area contributed by atoms with Gasteiger partial charge in [-0.05, 0) is 32.2 Å². The van der Waals surface area contributed by atoms with Crippen LogP contribution in [0.15, 0.2) is 27.6 Å². The quantitative estimate of drug-likeness (QED) is 0.831. The van der Waals surface area contributed by atoms with Crippen molar-refractivity contribution in [2.24, 2.45) is 0 Å². The molecule has 0 aliphatic heterocycles. The first-order chi connectivity index (χ1) is 9.06. The lowest BCUT2D eigenvalue weighted by Gasteiger charge is -2.14. The monoisotopic (exact) mass is 374 g/mol. The summed E-state index contributed by atoms with van der Waals surface area (Å²) in [6.45, 7) is 1.82. The fourth-order valence-electron chi connectivity index (χ4n) is 1.30. The molecule has 1 rings (SSSR count). The summed E-state index contributed by atoms with van der Waals surface area (Å²) in [7, 11) is -2.34. The maximum absolute atomic E-state index is 12.7. The molecule has 1 atom stereocenters. The summed E-state index contributed by atoms with van der Waals surface area (Å²) in [6.07, 6.45) is -4.60. The van der Waals surface area contributed by atoms with Gasteiger partial charge < -0.3 is 5.32 Å². The molecule has 0 spiro atoms. The zero-order valence-corrected chi connectivity index (χ0v) is 13.2. The highest BCUT2D eigenvalue weighted by Crippen LogP contribution is 2.33. The molecule has 0 saturated heterocycles. The Balaban J connectivity index is 3.10. The fourth-order valence-corrected chi connectivity index (χ4v) is 3.15. The fraction of sp³-hybridized carbons (Fsp3) is 0.455. The van der Waals surface area contributed by atoms with Gasteiger partial charge in [-0.25, -0.2) is 13.1 Å². The smallest absolute Gasteiger partial charge is 0.316 e. The molecule has 0 saturated carbocycles. The zero-order chi connectivity index (χ0) is 15.6. The van der Waals surface area contributed by atoms with Crippen LogP contribution in [-0.2, 0) is 16.2 Å². The van der Waals surface area contributed by atoms with E-state index in [2.05, 4.69) is 26.0 Å². The molecule has 20 heavy (non-hydrogen) atoms. The Morgan fingerprint density at radius 3 is 2.40 bits per heavy atom. The molecular weight excluding hydrogens is 361 g/mol. The van der Waals surface area contributed by atoms with Gasteiger partial charge in [-0.1, -0.05) is 15.9 Å². The third-order valence-electron chi connectivity index (χ3n) is 2.58. The molecule has 4 nitrogen and oxygen atoms in total. The minimum atomic E-state index is -4.60. The van der Waals surface area contributed by atoms with Crippen LogP contribution in [0, 0.1) is 0 Å². The molecule has 9 heteroatoms. The molecule has 0 fully saturated rings. The number of nitrogens with one attached hydrogen (secondary N) is 2. The maximum Gasteiger partial charge on any atom is 0.416 e. The molecule has 0 aliphatic rings. The van der Waals surface area contributed by atoms with Gasteiger partial charge in [0.05, 0.1) is 10.5 Å². The van der Waals surface area contributed by atoms with Gasteiger partial charge in [0.25, 0.3) is 0 Å². The van der Waals surface area contributed by atoms with Crippen molar-refractivity contribution in [2.75, 3.05) is 13.6 Å². The highest BCUT2D eigenvalue weighted by Gasteiger charge is 2.32. The third kappa shape index (κ3) is 4.72. The highest BCUT2D eigenvalue weighted by molar-refractivity contribution is 9.10. The van der Waals surface area contributed by atoms with E-state index in [9.17, 15) is 21.6 Å². The molecule has 114 valence electrons. The lowest BCUT2D eigenvalue weighted by atomic mass is 10.2. The molecule has 1 aromatic carbocycles. The SMILES string of the molecule is CNC(C)CNS(=O)(=O)c1cc(Br)cc(C(F)(F)F)c1. The second-order valence-corrected chi connectivity index (χ2v) is 6.90. The minimum absolute atomic E-state index is 0.0503. The van der Waals surface area contributed by atoms with E-state index >= 15 is 0 Å². The lowest BCUT2D eigenvalue weighted by Crippen LogP contribution is -2.37. The predicted octanol–water partition coefficient (Wildman–Crippen LogP) is 2.35. The van der Waals surface area contributed by atoms with Gasteiger partial charge in [0, 0.05) is 17.1 Å². The van der Waals surface area contributed by atoms with Crippen molar-refractivity contribution < 1.29 is 21.6 Å². The van der Waals surface area contributed by atoms with E-state index in [1.54, 1.807) is 14.0 Å². The van der Waals surface area contributed by atoms with Crippen molar-refractivity contribution in [3.05, 3.63) is 28.2 Å². The van der Waals surface area contributed by atoms with Crippen LogP contribution in [0.4, 0.5) is 13.2 Å². The molecule has 0 radical (unpaired) electrons. The summed E-state index contributed by atoms with van der Waals surface area (Å²) in [5.41, 5.74) is -1.02. The molecule has 0 heterocycles. The maximum atomic E-state index is 12.7. The van der Waals surface area contributed by atoms with Crippen molar-refractivity contribution >= 4 is 26.0 Å². The van der Waals surface area contributed by atoms with E-state index in [1.165, 1.54) is 0 Å². The van der Waals surface area contributed by atoms with Crippen LogP contribution in [0.3, 0.4) is 0 Å². The highest BCUT2D eigenvalue weighted by atomic mass is 79.9. The van der Waals surface area contributed by atoms with E-state index in [4.69, 9.17) is 0 Å². The third-order valence-corrected chi connectivity index (χ3v) is 4.44. The molecule has 1 aromatic rings. The Labute approximate surface area is 123 Å². The Kier molecular flexibility index (Phi) is 5.59. The van der Waals surface area contributed by atoms with Crippen LogP contribution < -0.4 is 10.0 Å². The summed E-state index contributed by atoms with van der Waals surface area (Å²) < 4.78 is 64.2. The van der Waals surface area contributed by atoms with Crippen LogP contribution in [-0.4, -0.2) is 28.1 Å². The van der Waals surface area contributed by atoms with E-state index in [1.807, 2.05) is 0 Å². The first-order valence-electron chi connectivity index (χ1n) is 5.61. The van der Waals surface area contributed by atoms with E-state index in [0.717, 1.165) is 12.1 Å². The van der Waals surface area contributed by atoms with Crippen LogP contribution in [0.2, 0.25) is 0 Å². The number of rotatable bonds is 5. The second kappa shape index (κ2) is 6.42. The van der Waals surface area contributed by atoms with E-state index in [-0.39, 0.29) is 17.1 Å². The summed E-state index contributed by atoms with van der Waals surface area (Å²) in [4.78, 5) is -0.428. The van der Waals surface area contributed by atoms with Crippen LogP contribution in [0.1, 0.15) is 12.5 Å². The first-order valence-corrected chi connectivity index (χ1v) is 7.88. The summed E-state index contributed by atoms with van der Waals surface area (Å²) in [5, 5.41) is 2.82. The minimum Gasteiger partial charge on any atom is -0.316 e. The lowest BCUT2D eigenvalue weighted by molar-refractivity contribution is -0.137.